The topological polar surface area (TPSA) is 29.1 Å². The van der Waals surface area contributed by atoms with Gasteiger partial charge in [0.1, 0.15) is 17.3 Å². The summed E-state index contributed by atoms with van der Waals surface area (Å²) in [5, 5.41) is 2.27. The van der Waals surface area contributed by atoms with Crippen molar-refractivity contribution in [1.82, 2.24) is 0 Å². The molecule has 3 aromatic rings. The van der Waals surface area contributed by atoms with E-state index in [2.05, 4.69) is 5.32 Å². The Morgan fingerprint density at radius 1 is 0.696 bits per heavy atom. The summed E-state index contributed by atoms with van der Waals surface area (Å²) in [5.74, 6) is -2.17. The second kappa shape index (κ2) is 6.40. The first-order chi connectivity index (χ1) is 11.1. The van der Waals surface area contributed by atoms with Gasteiger partial charge in [-0.25, -0.2) is 8.78 Å². The molecule has 0 atom stereocenters. The second-order valence-electron chi connectivity index (χ2n) is 4.99. The highest BCUT2D eigenvalue weighted by Gasteiger charge is 2.13. The van der Waals surface area contributed by atoms with Crippen molar-refractivity contribution in [2.24, 2.45) is 0 Å². The molecule has 0 bridgehead atoms. The van der Waals surface area contributed by atoms with E-state index in [-0.39, 0.29) is 0 Å². The molecule has 0 heterocycles. The van der Waals surface area contributed by atoms with Crippen LogP contribution in [0.2, 0.25) is 0 Å². The van der Waals surface area contributed by atoms with Crippen LogP contribution in [0.15, 0.2) is 72.8 Å². The fraction of sp³-hybridized carbons (Fsp3) is 0. The van der Waals surface area contributed by atoms with Gasteiger partial charge in [-0.1, -0.05) is 48.5 Å². The fourth-order valence-electron chi connectivity index (χ4n) is 2.25. The van der Waals surface area contributed by atoms with Crippen LogP contribution in [0.25, 0.3) is 11.1 Å². The van der Waals surface area contributed by atoms with Gasteiger partial charge >= 0.3 is 0 Å². The minimum Gasteiger partial charge on any atom is -0.317 e. The molecule has 0 spiro atoms. The SMILES string of the molecule is O=C(Nc1c(F)cccc1F)c1ccc(-c2ccccc2)cc1. The fourth-order valence-corrected chi connectivity index (χ4v) is 2.25. The molecule has 0 saturated carbocycles. The molecule has 0 aromatic heterocycles. The molecule has 2 nitrogen and oxygen atoms in total. The quantitative estimate of drug-likeness (QED) is 0.733. The smallest absolute Gasteiger partial charge is 0.255 e. The lowest BCUT2D eigenvalue weighted by Gasteiger charge is -2.08. The largest absolute Gasteiger partial charge is 0.317 e. The third kappa shape index (κ3) is 3.26. The summed E-state index contributed by atoms with van der Waals surface area (Å²) in [5.41, 5.74) is 1.87. The minimum atomic E-state index is -0.806. The van der Waals surface area contributed by atoms with Crippen LogP contribution in [0.4, 0.5) is 14.5 Å². The molecule has 0 saturated heterocycles. The van der Waals surface area contributed by atoms with Crippen LogP contribution in [0.5, 0.6) is 0 Å². The number of nitrogens with one attached hydrogen (secondary N) is 1. The van der Waals surface area contributed by atoms with E-state index in [1.54, 1.807) is 24.3 Å². The van der Waals surface area contributed by atoms with E-state index in [0.29, 0.717) is 5.56 Å². The lowest BCUT2D eigenvalue weighted by molar-refractivity contribution is 0.102. The molecule has 3 aromatic carbocycles. The minimum absolute atomic E-state index is 0.326. The van der Waals surface area contributed by atoms with Gasteiger partial charge in [-0.3, -0.25) is 4.79 Å². The van der Waals surface area contributed by atoms with Gasteiger partial charge in [-0.15, -0.1) is 0 Å². The molecule has 1 amide bonds. The van der Waals surface area contributed by atoms with Gasteiger partial charge in [-0.2, -0.15) is 0 Å². The first-order valence-electron chi connectivity index (χ1n) is 7.06. The number of amides is 1. The average molecular weight is 309 g/mol. The van der Waals surface area contributed by atoms with Gasteiger partial charge < -0.3 is 5.32 Å². The predicted octanol–water partition coefficient (Wildman–Crippen LogP) is 4.88. The van der Waals surface area contributed by atoms with Crippen LogP contribution in [0, 0.1) is 11.6 Å². The molecule has 114 valence electrons. The zero-order chi connectivity index (χ0) is 16.2. The molecular weight excluding hydrogens is 296 g/mol. The van der Waals surface area contributed by atoms with Crippen molar-refractivity contribution >= 4 is 11.6 Å². The number of halogens is 2. The molecule has 0 aliphatic heterocycles. The predicted molar refractivity (Wildman–Crippen MR) is 86.2 cm³/mol. The summed E-state index contributed by atoms with van der Waals surface area (Å²) in [6.07, 6.45) is 0. The van der Waals surface area contributed by atoms with Crippen LogP contribution < -0.4 is 5.32 Å². The Hall–Kier alpha value is -3.01. The number of hydrogen-bond donors (Lipinski definition) is 1. The highest BCUT2D eigenvalue weighted by Crippen LogP contribution is 2.21. The van der Waals surface area contributed by atoms with Crippen molar-refractivity contribution in [2.45, 2.75) is 0 Å². The van der Waals surface area contributed by atoms with Crippen molar-refractivity contribution in [3.05, 3.63) is 90.0 Å². The van der Waals surface area contributed by atoms with Crippen molar-refractivity contribution in [1.29, 1.82) is 0 Å². The molecule has 1 N–H and O–H groups in total. The lowest BCUT2D eigenvalue weighted by atomic mass is 10.0. The van der Waals surface area contributed by atoms with Crippen LogP contribution in [0.1, 0.15) is 10.4 Å². The van der Waals surface area contributed by atoms with Gasteiger partial charge in [0.15, 0.2) is 0 Å². The Labute approximate surface area is 132 Å². The Kier molecular flexibility index (Phi) is 4.15. The first-order valence-corrected chi connectivity index (χ1v) is 7.06. The highest BCUT2D eigenvalue weighted by molar-refractivity contribution is 6.04. The third-order valence-electron chi connectivity index (χ3n) is 3.46. The summed E-state index contributed by atoms with van der Waals surface area (Å²) >= 11 is 0. The molecule has 4 heteroatoms. The van der Waals surface area contributed by atoms with Gasteiger partial charge in [0, 0.05) is 5.56 Å². The number of para-hydroxylation sites is 1. The lowest BCUT2D eigenvalue weighted by Crippen LogP contribution is -2.14. The maximum Gasteiger partial charge on any atom is 0.255 e. The number of carbonyl (C=O) groups is 1. The Morgan fingerprint density at radius 3 is 1.87 bits per heavy atom. The maximum atomic E-state index is 13.6. The highest BCUT2D eigenvalue weighted by atomic mass is 19.1. The van der Waals surface area contributed by atoms with E-state index in [0.717, 1.165) is 23.3 Å². The maximum absolute atomic E-state index is 13.6. The van der Waals surface area contributed by atoms with Crippen LogP contribution in [0.3, 0.4) is 0 Å². The molecule has 23 heavy (non-hydrogen) atoms. The van der Waals surface area contributed by atoms with E-state index in [1.165, 1.54) is 6.07 Å². The average Bonchev–Trinajstić information content (AvgIpc) is 2.59. The van der Waals surface area contributed by atoms with Crippen molar-refractivity contribution in [3.8, 4) is 11.1 Å². The summed E-state index contributed by atoms with van der Waals surface area (Å²) in [7, 11) is 0. The van der Waals surface area contributed by atoms with Gasteiger partial charge in [0.2, 0.25) is 0 Å². The van der Waals surface area contributed by atoms with Crippen LogP contribution in [-0.4, -0.2) is 5.91 Å². The summed E-state index contributed by atoms with van der Waals surface area (Å²) in [6, 6.07) is 20.0. The second-order valence-corrected chi connectivity index (χ2v) is 4.99. The van der Waals surface area contributed by atoms with Crippen LogP contribution in [-0.2, 0) is 0 Å². The van der Waals surface area contributed by atoms with E-state index >= 15 is 0 Å². The molecule has 0 aliphatic rings. The van der Waals surface area contributed by atoms with Gasteiger partial charge in [0.05, 0.1) is 0 Å². The molecule has 0 aliphatic carbocycles. The molecule has 0 radical (unpaired) electrons. The summed E-state index contributed by atoms with van der Waals surface area (Å²) in [4.78, 5) is 12.1. The van der Waals surface area contributed by atoms with Crippen molar-refractivity contribution in [2.75, 3.05) is 5.32 Å². The zero-order valence-corrected chi connectivity index (χ0v) is 12.1. The first kappa shape index (κ1) is 14.9. The van der Waals surface area contributed by atoms with Gasteiger partial charge in [0.25, 0.3) is 5.91 Å². The summed E-state index contributed by atoms with van der Waals surface area (Å²) < 4.78 is 27.1. The van der Waals surface area contributed by atoms with Crippen molar-refractivity contribution in [3.63, 3.8) is 0 Å². The van der Waals surface area contributed by atoms with E-state index < -0.39 is 23.2 Å². The van der Waals surface area contributed by atoms with Crippen molar-refractivity contribution < 1.29 is 13.6 Å². The summed E-state index contributed by atoms with van der Waals surface area (Å²) in [6.45, 7) is 0. The number of benzene rings is 3. The Bertz CT molecular complexity index is 809. The number of rotatable bonds is 3. The number of anilines is 1. The normalized spacial score (nSPS) is 10.3. The number of carbonyl (C=O) groups excluding carboxylic acids is 1. The van der Waals surface area contributed by atoms with Crippen LogP contribution >= 0.6 is 0 Å². The van der Waals surface area contributed by atoms with E-state index in [1.807, 2.05) is 30.3 Å². The Balaban J connectivity index is 1.81. The van der Waals surface area contributed by atoms with E-state index in [4.69, 9.17) is 0 Å². The van der Waals surface area contributed by atoms with E-state index in [9.17, 15) is 13.6 Å². The molecular formula is C19H13F2NO. The molecule has 3 rings (SSSR count). The Morgan fingerprint density at radius 2 is 1.26 bits per heavy atom. The monoisotopic (exact) mass is 309 g/mol. The van der Waals surface area contributed by atoms with Gasteiger partial charge in [-0.05, 0) is 35.4 Å². The number of hydrogen-bond acceptors (Lipinski definition) is 1. The zero-order valence-electron chi connectivity index (χ0n) is 12.1. The molecule has 0 unspecified atom stereocenters. The third-order valence-corrected chi connectivity index (χ3v) is 3.46. The molecule has 0 fully saturated rings. The standard InChI is InChI=1S/C19H13F2NO/c20-16-7-4-8-17(21)18(16)22-19(23)15-11-9-14(10-12-15)13-5-2-1-3-6-13/h1-12H,(H,22,23).